The Morgan fingerprint density at radius 1 is 1.29 bits per heavy atom. The molecule has 0 unspecified atom stereocenters. The van der Waals surface area contributed by atoms with E-state index in [0.29, 0.717) is 10.9 Å². The third-order valence-electron chi connectivity index (χ3n) is 7.33. The zero-order chi connectivity index (χ0) is 35.4. The number of pyridine rings is 1. The van der Waals surface area contributed by atoms with Gasteiger partial charge in [0.15, 0.2) is 16.6 Å². The molecule has 3 aromatic rings. The van der Waals surface area contributed by atoms with E-state index < -0.39 is 64.4 Å². The number of hydrogen-bond acceptors (Lipinski definition) is 14. The van der Waals surface area contributed by atoms with Crippen molar-refractivity contribution in [3.63, 3.8) is 0 Å². The van der Waals surface area contributed by atoms with Gasteiger partial charge in [-0.05, 0) is 19.9 Å². The Kier molecular flexibility index (Phi) is 10.8. The molecule has 1 saturated heterocycles. The number of ether oxygens (including phenoxy) is 1. The van der Waals surface area contributed by atoms with Crippen molar-refractivity contribution in [1.82, 2.24) is 19.6 Å². The van der Waals surface area contributed by atoms with Crippen molar-refractivity contribution < 1.29 is 55.4 Å². The number of carbonyl (C=O) groups is 3. The average molecular weight is 710 g/mol. The summed E-state index contributed by atoms with van der Waals surface area (Å²) < 4.78 is 47.6. The molecule has 0 aliphatic carbocycles. The van der Waals surface area contributed by atoms with Crippen molar-refractivity contribution in [1.29, 1.82) is 0 Å². The number of aliphatic carboxylic acids is 1. The molecular formula is C28H37N8O10S2+. The first-order valence-corrected chi connectivity index (χ1v) is 16.7. The number of nitrogen functional groups attached to an aromatic ring is 1. The van der Waals surface area contributed by atoms with E-state index in [2.05, 4.69) is 45.1 Å². The lowest BCUT2D eigenvalue weighted by atomic mass is 9.74. The molecular weight excluding hydrogens is 672 g/mol. The van der Waals surface area contributed by atoms with Crippen molar-refractivity contribution in [2.45, 2.75) is 44.9 Å². The number of carbonyl (C=O) groups excluding carboxylic acids is 2. The second-order valence-electron chi connectivity index (χ2n) is 12.5. The summed E-state index contributed by atoms with van der Waals surface area (Å²) in [5.41, 5.74) is 3.89. The van der Waals surface area contributed by atoms with Crippen molar-refractivity contribution in [2.75, 3.05) is 40.0 Å². The van der Waals surface area contributed by atoms with E-state index in [1.807, 2.05) is 23.3 Å². The van der Waals surface area contributed by atoms with Gasteiger partial charge in [-0.3, -0.25) is 9.59 Å². The molecule has 1 amide bonds. The van der Waals surface area contributed by atoms with Gasteiger partial charge in [0.1, 0.15) is 30.4 Å². The van der Waals surface area contributed by atoms with Crippen molar-refractivity contribution in [3.05, 3.63) is 48.1 Å². The zero-order valence-corrected chi connectivity index (χ0v) is 28.5. The monoisotopic (exact) mass is 709 g/mol. The molecule has 0 bridgehead atoms. The number of nitrogens with zero attached hydrogens (tertiary/aromatic N) is 7. The highest BCUT2D eigenvalue weighted by molar-refractivity contribution is 7.80. The highest BCUT2D eigenvalue weighted by Crippen LogP contribution is 2.40. The van der Waals surface area contributed by atoms with Crippen LogP contribution in [0.15, 0.2) is 47.6 Å². The SMILES string of the molecule is CC1(C)[C@H](CC(=O)/C(=N\O[C@@H](COc2ccc(-n3cc[n+](CCC[N+](C)(C)C)c3)nc2)C(=O)O)c2csc(N)n2)C(=O)N1OS(=O)(=O)[O-]. The molecule has 2 atom stereocenters. The Labute approximate surface area is 280 Å². The van der Waals surface area contributed by atoms with Gasteiger partial charge in [-0.15, -0.1) is 11.3 Å². The predicted molar refractivity (Wildman–Crippen MR) is 167 cm³/mol. The molecule has 1 aliphatic rings. The number of hydrogen-bond donors (Lipinski definition) is 2. The molecule has 1 aliphatic heterocycles. The average Bonchev–Trinajstić information content (AvgIpc) is 3.64. The number of carboxylic acid groups (broad SMARTS) is 1. The summed E-state index contributed by atoms with van der Waals surface area (Å²) in [6.07, 6.45) is 5.98. The summed E-state index contributed by atoms with van der Waals surface area (Å²) in [5.74, 6) is -3.40. The van der Waals surface area contributed by atoms with Gasteiger partial charge in [0.25, 0.3) is 12.0 Å². The van der Waals surface area contributed by atoms with Crippen LogP contribution in [-0.2, 0) is 40.4 Å². The van der Waals surface area contributed by atoms with E-state index in [1.54, 1.807) is 12.1 Å². The first kappa shape index (κ1) is 36.3. The number of rotatable bonds is 17. The summed E-state index contributed by atoms with van der Waals surface area (Å²) in [6, 6.07) is 3.31. The first-order valence-electron chi connectivity index (χ1n) is 14.5. The standard InChI is InChI=1S/C28H36N8O10S2/c1-28(2)19(25(38)35(28)46-48(41,42)43)13-21(37)24(20-16-47-27(29)31-20)32-45-22(26(39)40)15-44-18-7-8-23(30-14-18)34-11-10-33(17-34)9-6-12-36(3,4)5/h7-8,10-11,14,16-17,19,22H,6,9,12-13,15H2,1-5H3,(H2-2,29,31,39,40,41,42,43)/p+1/b32-24-/t19-,22+/m1/s1. The number of β-lactam (4-membered cyclic amide) rings is 1. The molecule has 3 aromatic heterocycles. The fourth-order valence-corrected chi connectivity index (χ4v) is 5.71. The number of imidazole rings is 1. The van der Waals surface area contributed by atoms with Crippen LogP contribution in [0.3, 0.4) is 0 Å². The third-order valence-corrected chi connectivity index (χ3v) is 8.33. The Morgan fingerprint density at radius 3 is 2.58 bits per heavy atom. The van der Waals surface area contributed by atoms with Crippen LogP contribution in [0.25, 0.3) is 5.82 Å². The molecule has 48 heavy (non-hydrogen) atoms. The molecule has 260 valence electrons. The van der Waals surface area contributed by atoms with Crippen molar-refractivity contribution in [2.24, 2.45) is 11.1 Å². The summed E-state index contributed by atoms with van der Waals surface area (Å²) in [5, 5.41) is 15.4. The van der Waals surface area contributed by atoms with Gasteiger partial charge >= 0.3 is 5.97 Å². The van der Waals surface area contributed by atoms with Crippen molar-refractivity contribution in [3.8, 4) is 11.6 Å². The van der Waals surface area contributed by atoms with Gasteiger partial charge < -0.3 is 29.5 Å². The smallest absolute Gasteiger partial charge is 0.351 e. The van der Waals surface area contributed by atoms with Crippen LogP contribution >= 0.6 is 11.3 Å². The number of thiazole rings is 1. The number of ketones is 1. The van der Waals surface area contributed by atoms with Crippen LogP contribution in [-0.4, -0.2) is 111 Å². The van der Waals surface area contributed by atoms with Gasteiger partial charge in [-0.1, -0.05) is 5.16 Å². The molecule has 3 N–H and O–H groups in total. The highest BCUT2D eigenvalue weighted by Gasteiger charge is 2.57. The van der Waals surface area contributed by atoms with E-state index >= 15 is 0 Å². The molecule has 20 heteroatoms. The number of nitrogens with two attached hydrogens (primary N) is 1. The van der Waals surface area contributed by atoms with E-state index in [4.69, 9.17) is 15.3 Å². The molecule has 1 fully saturated rings. The Hall–Kier alpha value is -4.50. The fraction of sp³-hybridized carbons (Fsp3) is 0.464. The minimum atomic E-state index is -5.24. The summed E-state index contributed by atoms with van der Waals surface area (Å²) in [7, 11) is 1.19. The predicted octanol–water partition coefficient (Wildman–Crippen LogP) is 0.136. The summed E-state index contributed by atoms with van der Waals surface area (Å²) >= 11 is 0.979. The maximum absolute atomic E-state index is 13.3. The van der Waals surface area contributed by atoms with Crippen LogP contribution in [0.4, 0.5) is 5.13 Å². The Bertz CT molecular complexity index is 1780. The van der Waals surface area contributed by atoms with Gasteiger partial charge in [0, 0.05) is 24.3 Å². The molecule has 0 aromatic carbocycles. The third kappa shape index (κ3) is 9.31. The zero-order valence-electron chi connectivity index (χ0n) is 26.9. The molecule has 0 spiro atoms. The number of anilines is 1. The lowest BCUT2D eigenvalue weighted by Crippen LogP contribution is -2.68. The largest absolute Gasteiger partial charge is 0.724 e. The van der Waals surface area contributed by atoms with Crippen molar-refractivity contribution >= 4 is 50.2 Å². The lowest BCUT2D eigenvalue weighted by molar-refractivity contribution is -0.873. The molecule has 0 saturated carbocycles. The quantitative estimate of drug-likeness (QED) is 0.0362. The van der Waals surface area contributed by atoms with Crippen LogP contribution in [0, 0.1) is 5.92 Å². The minimum Gasteiger partial charge on any atom is -0.724 e. The van der Waals surface area contributed by atoms with Gasteiger partial charge in [0.05, 0.1) is 51.9 Å². The maximum atomic E-state index is 13.3. The number of hydroxylamine groups is 2. The summed E-state index contributed by atoms with van der Waals surface area (Å²) in [4.78, 5) is 51.4. The van der Waals surface area contributed by atoms with E-state index in [-0.39, 0.29) is 16.6 Å². The van der Waals surface area contributed by atoms with E-state index in [1.165, 1.54) is 25.4 Å². The van der Waals surface area contributed by atoms with E-state index in [9.17, 15) is 32.5 Å². The second kappa shape index (κ2) is 14.3. The fourth-order valence-electron chi connectivity index (χ4n) is 4.72. The maximum Gasteiger partial charge on any atom is 0.351 e. The van der Waals surface area contributed by atoms with Crippen LogP contribution in [0.1, 0.15) is 32.4 Å². The van der Waals surface area contributed by atoms with Gasteiger partial charge in [-0.25, -0.2) is 27.7 Å². The number of aryl methyl sites for hydroxylation is 1. The molecule has 4 heterocycles. The lowest BCUT2D eigenvalue weighted by Gasteiger charge is -2.51. The number of amides is 1. The highest BCUT2D eigenvalue weighted by atomic mass is 32.3. The van der Waals surface area contributed by atoms with Crippen LogP contribution < -0.4 is 15.0 Å². The molecule has 4 rings (SSSR count). The Morgan fingerprint density at radius 2 is 2.02 bits per heavy atom. The number of quaternary nitrogens is 1. The summed E-state index contributed by atoms with van der Waals surface area (Å²) in [6.45, 7) is 4.16. The minimum absolute atomic E-state index is 0.0353. The Balaban J connectivity index is 1.40. The normalized spacial score (nSPS) is 17.1. The van der Waals surface area contributed by atoms with Gasteiger partial charge in [0.2, 0.25) is 22.5 Å². The number of oxime groups is 1. The van der Waals surface area contributed by atoms with Crippen LogP contribution in [0.5, 0.6) is 5.75 Å². The second-order valence-corrected chi connectivity index (χ2v) is 14.3. The number of aromatic nitrogens is 4. The molecule has 0 radical (unpaired) electrons. The number of carboxylic acids is 1. The topological polar surface area (TPSA) is 233 Å². The molecule has 18 nitrogen and oxygen atoms in total. The van der Waals surface area contributed by atoms with Crippen LogP contribution in [0.2, 0.25) is 0 Å². The number of Topliss-reactive ketones (excluding diaryl/α,β-unsaturated/α-hetero) is 1. The first-order chi connectivity index (χ1) is 22.3. The van der Waals surface area contributed by atoms with E-state index in [0.717, 1.165) is 35.3 Å². The van der Waals surface area contributed by atoms with Gasteiger partial charge in [-0.2, -0.15) is 13.9 Å².